The number of benzene rings is 2. The van der Waals surface area contributed by atoms with Gasteiger partial charge in [0.05, 0.1) is 5.54 Å². The van der Waals surface area contributed by atoms with Crippen molar-refractivity contribution in [2.75, 3.05) is 26.3 Å². The minimum absolute atomic E-state index is 0.0294. The van der Waals surface area contributed by atoms with E-state index in [1.54, 1.807) is 12.1 Å². The van der Waals surface area contributed by atoms with Gasteiger partial charge in [0.15, 0.2) is 0 Å². The fourth-order valence-electron chi connectivity index (χ4n) is 3.90. The van der Waals surface area contributed by atoms with Crippen LogP contribution in [0, 0.1) is 5.82 Å². The van der Waals surface area contributed by atoms with E-state index in [1.807, 2.05) is 29.2 Å². The van der Waals surface area contributed by atoms with Gasteiger partial charge in [0.1, 0.15) is 17.3 Å². The Morgan fingerprint density at radius 2 is 1.68 bits per heavy atom. The number of urea groups is 1. The van der Waals surface area contributed by atoms with Gasteiger partial charge in [-0.25, -0.2) is 9.18 Å². The first kappa shape index (κ1) is 18.7. The summed E-state index contributed by atoms with van der Waals surface area (Å²) >= 11 is 0. The van der Waals surface area contributed by atoms with Crippen LogP contribution in [0.3, 0.4) is 0 Å². The second-order valence-electron chi connectivity index (χ2n) is 7.42. The second kappa shape index (κ2) is 8.19. The van der Waals surface area contributed by atoms with E-state index < -0.39 is 0 Å². The molecule has 1 N–H and O–H groups in total. The molecule has 0 saturated carbocycles. The van der Waals surface area contributed by atoms with Crippen LogP contribution in [0.25, 0.3) is 0 Å². The van der Waals surface area contributed by atoms with E-state index in [0.717, 1.165) is 51.0 Å². The number of rotatable bonds is 5. The summed E-state index contributed by atoms with van der Waals surface area (Å²) in [5, 5.41) is 3.04. The molecule has 5 nitrogen and oxygen atoms in total. The molecule has 2 aliphatic heterocycles. The van der Waals surface area contributed by atoms with E-state index in [2.05, 4.69) is 5.32 Å². The molecular weight excluding hydrogens is 359 g/mol. The SMILES string of the molecule is O=C(NCCc1ccc(Oc2ccc(F)cc2)cc1)N1CCC12CCOCC2. The van der Waals surface area contributed by atoms with Gasteiger partial charge in [-0.3, -0.25) is 0 Å². The highest BCUT2D eigenvalue weighted by Crippen LogP contribution is 2.39. The Morgan fingerprint density at radius 3 is 2.29 bits per heavy atom. The number of nitrogens with zero attached hydrogens (tertiary/aromatic N) is 1. The molecule has 4 rings (SSSR count). The summed E-state index contributed by atoms with van der Waals surface area (Å²) in [6, 6.07) is 13.7. The van der Waals surface area contributed by atoms with Gasteiger partial charge >= 0.3 is 6.03 Å². The number of hydrogen-bond acceptors (Lipinski definition) is 3. The lowest BCUT2D eigenvalue weighted by Gasteiger charge is -2.54. The van der Waals surface area contributed by atoms with Gasteiger partial charge in [-0.15, -0.1) is 0 Å². The van der Waals surface area contributed by atoms with E-state index in [4.69, 9.17) is 9.47 Å². The van der Waals surface area contributed by atoms with Crippen molar-refractivity contribution in [3.63, 3.8) is 0 Å². The summed E-state index contributed by atoms with van der Waals surface area (Å²) in [5.74, 6) is 1.00. The van der Waals surface area contributed by atoms with Crippen molar-refractivity contribution in [2.24, 2.45) is 0 Å². The van der Waals surface area contributed by atoms with Crippen molar-refractivity contribution in [1.29, 1.82) is 0 Å². The van der Waals surface area contributed by atoms with Gasteiger partial charge in [-0.1, -0.05) is 12.1 Å². The van der Waals surface area contributed by atoms with Crippen molar-refractivity contribution in [3.8, 4) is 11.5 Å². The number of carbonyl (C=O) groups is 1. The summed E-state index contributed by atoms with van der Waals surface area (Å²) in [6.07, 6.45) is 3.72. The molecule has 0 atom stereocenters. The van der Waals surface area contributed by atoms with E-state index >= 15 is 0 Å². The third kappa shape index (κ3) is 4.12. The monoisotopic (exact) mass is 384 g/mol. The zero-order chi connectivity index (χ0) is 19.4. The quantitative estimate of drug-likeness (QED) is 0.844. The van der Waals surface area contributed by atoms with Crippen molar-refractivity contribution in [3.05, 3.63) is 59.9 Å². The molecule has 6 heteroatoms. The number of halogens is 1. The van der Waals surface area contributed by atoms with Crippen LogP contribution < -0.4 is 10.1 Å². The molecule has 0 aliphatic carbocycles. The average molecular weight is 384 g/mol. The van der Waals surface area contributed by atoms with Crippen molar-refractivity contribution >= 4 is 6.03 Å². The minimum atomic E-state index is -0.286. The summed E-state index contributed by atoms with van der Waals surface area (Å²) in [7, 11) is 0. The Balaban J connectivity index is 1.24. The van der Waals surface area contributed by atoms with Crippen molar-refractivity contribution in [2.45, 2.75) is 31.2 Å². The molecule has 2 aromatic rings. The van der Waals surface area contributed by atoms with E-state index in [0.29, 0.717) is 18.0 Å². The zero-order valence-corrected chi connectivity index (χ0v) is 15.8. The van der Waals surface area contributed by atoms with Crippen LogP contribution in [0.1, 0.15) is 24.8 Å². The first-order valence-corrected chi connectivity index (χ1v) is 9.80. The Kier molecular flexibility index (Phi) is 5.48. The first-order chi connectivity index (χ1) is 13.6. The molecule has 1 spiro atoms. The molecule has 2 aromatic carbocycles. The van der Waals surface area contributed by atoms with Crippen LogP contribution in [0.15, 0.2) is 48.5 Å². The average Bonchev–Trinajstić information content (AvgIpc) is 2.71. The van der Waals surface area contributed by atoms with Gasteiger partial charge < -0.3 is 19.7 Å². The maximum absolute atomic E-state index is 12.9. The van der Waals surface area contributed by atoms with Gasteiger partial charge in [0.2, 0.25) is 0 Å². The third-order valence-corrected chi connectivity index (χ3v) is 5.70. The van der Waals surface area contributed by atoms with Gasteiger partial charge in [0.25, 0.3) is 0 Å². The molecule has 0 radical (unpaired) electrons. The molecule has 2 fully saturated rings. The maximum atomic E-state index is 12.9. The lowest BCUT2D eigenvalue weighted by molar-refractivity contribution is -0.0628. The van der Waals surface area contributed by atoms with Crippen molar-refractivity contribution in [1.82, 2.24) is 10.2 Å². The van der Waals surface area contributed by atoms with Crippen LogP contribution >= 0.6 is 0 Å². The van der Waals surface area contributed by atoms with Crippen molar-refractivity contribution < 1.29 is 18.7 Å². The number of nitrogens with one attached hydrogen (secondary N) is 1. The summed E-state index contributed by atoms with van der Waals surface area (Å²) in [4.78, 5) is 14.5. The molecule has 148 valence electrons. The van der Waals surface area contributed by atoms with Crippen LogP contribution in [0.2, 0.25) is 0 Å². The minimum Gasteiger partial charge on any atom is -0.457 e. The molecular formula is C22H25FN2O3. The molecule has 0 unspecified atom stereocenters. The number of ether oxygens (including phenoxy) is 2. The largest absolute Gasteiger partial charge is 0.457 e. The topological polar surface area (TPSA) is 50.8 Å². The summed E-state index contributed by atoms with van der Waals surface area (Å²) < 4.78 is 24.1. The smallest absolute Gasteiger partial charge is 0.317 e. The second-order valence-corrected chi connectivity index (χ2v) is 7.42. The predicted molar refractivity (Wildman–Crippen MR) is 104 cm³/mol. The van der Waals surface area contributed by atoms with Gasteiger partial charge in [-0.2, -0.15) is 0 Å². The van der Waals surface area contributed by atoms with E-state index in [9.17, 15) is 9.18 Å². The molecule has 28 heavy (non-hydrogen) atoms. The van der Waals surface area contributed by atoms with Crippen LogP contribution in [0.4, 0.5) is 9.18 Å². The highest BCUT2D eigenvalue weighted by Gasteiger charge is 2.47. The number of hydrogen-bond donors (Lipinski definition) is 1. The number of carbonyl (C=O) groups excluding carboxylic acids is 1. The molecule has 2 heterocycles. The fourth-order valence-corrected chi connectivity index (χ4v) is 3.90. The molecule has 2 amide bonds. The van der Waals surface area contributed by atoms with Crippen LogP contribution in [-0.4, -0.2) is 42.8 Å². The van der Waals surface area contributed by atoms with Gasteiger partial charge in [0, 0.05) is 26.3 Å². The lowest BCUT2D eigenvalue weighted by atomic mass is 9.78. The number of amides is 2. The Labute approximate surface area is 164 Å². The van der Waals surface area contributed by atoms with E-state index in [-0.39, 0.29) is 17.4 Å². The zero-order valence-electron chi connectivity index (χ0n) is 15.8. The standard InChI is InChI=1S/C22H25FN2O3/c23-18-3-7-20(8-4-18)28-19-5-1-17(2-6-19)9-13-24-21(26)25-14-10-22(25)11-15-27-16-12-22/h1-8H,9-16H2,(H,24,26). The first-order valence-electron chi connectivity index (χ1n) is 9.80. The maximum Gasteiger partial charge on any atom is 0.317 e. The molecule has 0 bridgehead atoms. The normalized spacial score (nSPS) is 17.8. The third-order valence-electron chi connectivity index (χ3n) is 5.70. The van der Waals surface area contributed by atoms with Gasteiger partial charge in [-0.05, 0) is 67.6 Å². The highest BCUT2D eigenvalue weighted by molar-refractivity contribution is 5.76. The Morgan fingerprint density at radius 1 is 1.04 bits per heavy atom. The fraction of sp³-hybridized carbons (Fsp3) is 0.409. The Bertz CT molecular complexity index is 802. The highest BCUT2D eigenvalue weighted by atomic mass is 19.1. The number of likely N-dealkylation sites (tertiary alicyclic amines) is 1. The molecule has 2 aliphatic rings. The molecule has 2 saturated heterocycles. The molecule has 0 aromatic heterocycles. The summed E-state index contributed by atoms with van der Waals surface area (Å²) in [6.45, 7) is 2.92. The summed E-state index contributed by atoms with van der Waals surface area (Å²) in [5.41, 5.74) is 1.15. The lowest BCUT2D eigenvalue weighted by Crippen LogP contribution is -2.66. The van der Waals surface area contributed by atoms with E-state index in [1.165, 1.54) is 12.1 Å². The van der Waals surface area contributed by atoms with Crippen LogP contribution in [-0.2, 0) is 11.2 Å². The van der Waals surface area contributed by atoms with Crippen LogP contribution in [0.5, 0.6) is 11.5 Å². The Hall–Kier alpha value is -2.60. The predicted octanol–water partition coefficient (Wildman–Crippen LogP) is 4.13.